The number of nitriles is 1. The first kappa shape index (κ1) is 15.9. The van der Waals surface area contributed by atoms with E-state index in [0.29, 0.717) is 12.5 Å². The summed E-state index contributed by atoms with van der Waals surface area (Å²) in [6, 6.07) is 4.86. The van der Waals surface area contributed by atoms with Crippen molar-refractivity contribution in [1.82, 2.24) is 10.0 Å². The molecule has 1 aliphatic rings. The third-order valence-electron chi connectivity index (χ3n) is 3.61. The van der Waals surface area contributed by atoms with Gasteiger partial charge in [-0.25, -0.2) is 17.5 Å². The lowest BCUT2D eigenvalue weighted by Gasteiger charge is -2.22. The van der Waals surface area contributed by atoms with Gasteiger partial charge in [-0.1, -0.05) is 0 Å². The highest BCUT2D eigenvalue weighted by Crippen LogP contribution is 2.16. The van der Waals surface area contributed by atoms with Crippen LogP contribution in [0.3, 0.4) is 0 Å². The zero-order valence-electron chi connectivity index (χ0n) is 11.6. The lowest BCUT2D eigenvalue weighted by atomic mass is 9.96. The normalized spacial score (nSPS) is 19.1. The van der Waals surface area contributed by atoms with Gasteiger partial charge in [-0.05, 0) is 56.5 Å². The Morgan fingerprint density at radius 2 is 2.29 bits per heavy atom. The molecule has 0 bridgehead atoms. The average molecular weight is 311 g/mol. The first-order chi connectivity index (χ1) is 10.0. The topological polar surface area (TPSA) is 82.0 Å². The van der Waals surface area contributed by atoms with Crippen LogP contribution in [0.5, 0.6) is 0 Å². The van der Waals surface area contributed by atoms with Gasteiger partial charge in [-0.15, -0.1) is 0 Å². The van der Waals surface area contributed by atoms with E-state index in [4.69, 9.17) is 5.26 Å². The number of nitrogens with one attached hydrogen (secondary N) is 2. The van der Waals surface area contributed by atoms with Gasteiger partial charge in [0.1, 0.15) is 11.9 Å². The highest BCUT2D eigenvalue weighted by atomic mass is 32.2. The van der Waals surface area contributed by atoms with Crippen LogP contribution in [0, 0.1) is 23.1 Å². The molecular formula is C14H18FN3O2S. The fraction of sp³-hybridized carbons (Fsp3) is 0.500. The van der Waals surface area contributed by atoms with E-state index < -0.39 is 15.8 Å². The molecule has 21 heavy (non-hydrogen) atoms. The zero-order valence-corrected chi connectivity index (χ0v) is 12.4. The average Bonchev–Trinajstić information content (AvgIpc) is 2.48. The fourth-order valence-electron chi connectivity index (χ4n) is 2.41. The van der Waals surface area contributed by atoms with E-state index in [0.717, 1.165) is 44.5 Å². The van der Waals surface area contributed by atoms with E-state index in [2.05, 4.69) is 10.0 Å². The molecule has 1 aliphatic heterocycles. The van der Waals surface area contributed by atoms with E-state index in [1.807, 2.05) is 0 Å². The maximum atomic E-state index is 13.2. The van der Waals surface area contributed by atoms with Crippen LogP contribution in [0.25, 0.3) is 0 Å². The van der Waals surface area contributed by atoms with Crippen molar-refractivity contribution >= 4 is 10.0 Å². The minimum absolute atomic E-state index is 0.0813. The van der Waals surface area contributed by atoms with Gasteiger partial charge in [-0.3, -0.25) is 0 Å². The standard InChI is InChI=1S/C14H18FN3O2S/c15-14-4-3-13(8-12(14)9-16)21(19,20)18-7-5-11-2-1-6-17-10-11/h3-4,8,11,17-18H,1-2,5-7,10H2/t11-/m1/s1. The van der Waals surface area contributed by atoms with E-state index in [1.165, 1.54) is 6.07 Å². The Morgan fingerprint density at radius 3 is 2.95 bits per heavy atom. The summed E-state index contributed by atoms with van der Waals surface area (Å²) < 4.78 is 39.9. The SMILES string of the molecule is N#Cc1cc(S(=O)(=O)NCC[C@H]2CCCNC2)ccc1F. The van der Waals surface area contributed by atoms with E-state index >= 15 is 0 Å². The largest absolute Gasteiger partial charge is 0.316 e. The maximum Gasteiger partial charge on any atom is 0.240 e. The Bertz CT molecular complexity index is 634. The minimum Gasteiger partial charge on any atom is -0.316 e. The molecule has 0 amide bonds. The predicted octanol–water partition coefficient (Wildman–Crippen LogP) is 1.37. The first-order valence-electron chi connectivity index (χ1n) is 6.93. The number of rotatable bonds is 5. The number of halogens is 1. The summed E-state index contributed by atoms with van der Waals surface area (Å²) in [5.41, 5.74) is -0.269. The second-order valence-electron chi connectivity index (χ2n) is 5.15. The molecule has 1 aromatic rings. The van der Waals surface area contributed by atoms with Crippen LogP contribution in [0.2, 0.25) is 0 Å². The number of nitrogens with zero attached hydrogens (tertiary/aromatic N) is 1. The summed E-state index contributed by atoms with van der Waals surface area (Å²) in [6.45, 7) is 2.28. The van der Waals surface area contributed by atoms with Crippen LogP contribution >= 0.6 is 0 Å². The van der Waals surface area contributed by atoms with Gasteiger partial charge in [0, 0.05) is 6.54 Å². The zero-order chi connectivity index (χ0) is 15.3. The van der Waals surface area contributed by atoms with Crippen molar-refractivity contribution in [3.05, 3.63) is 29.6 Å². The summed E-state index contributed by atoms with van der Waals surface area (Å²) >= 11 is 0. The summed E-state index contributed by atoms with van der Waals surface area (Å²) in [6.07, 6.45) is 2.98. The molecule has 0 saturated carbocycles. The van der Waals surface area contributed by atoms with Gasteiger partial charge in [0.05, 0.1) is 10.5 Å². The number of benzene rings is 1. The van der Waals surface area contributed by atoms with Crippen molar-refractivity contribution in [2.45, 2.75) is 24.2 Å². The monoisotopic (exact) mass is 311 g/mol. The first-order valence-corrected chi connectivity index (χ1v) is 8.41. The van der Waals surface area contributed by atoms with Crippen molar-refractivity contribution in [3.8, 4) is 6.07 Å². The second kappa shape index (κ2) is 6.98. The van der Waals surface area contributed by atoms with Crippen molar-refractivity contribution in [3.63, 3.8) is 0 Å². The molecule has 1 saturated heterocycles. The molecule has 1 heterocycles. The van der Waals surface area contributed by atoms with E-state index in [1.54, 1.807) is 6.07 Å². The third-order valence-corrected chi connectivity index (χ3v) is 5.07. The van der Waals surface area contributed by atoms with Gasteiger partial charge < -0.3 is 5.32 Å². The number of piperidine rings is 1. The molecular weight excluding hydrogens is 293 g/mol. The van der Waals surface area contributed by atoms with Crippen molar-refractivity contribution < 1.29 is 12.8 Å². The summed E-state index contributed by atoms with van der Waals surface area (Å²) in [5.74, 6) is -0.242. The van der Waals surface area contributed by atoms with Crippen LogP contribution in [0.1, 0.15) is 24.8 Å². The van der Waals surface area contributed by atoms with Crippen molar-refractivity contribution in [2.75, 3.05) is 19.6 Å². The summed E-state index contributed by atoms with van der Waals surface area (Å²) in [5, 5.41) is 12.0. The van der Waals surface area contributed by atoms with Gasteiger partial charge in [-0.2, -0.15) is 5.26 Å². The molecule has 2 rings (SSSR count). The Hall–Kier alpha value is -1.49. The molecule has 1 aromatic carbocycles. The molecule has 7 heteroatoms. The van der Waals surface area contributed by atoms with Crippen LogP contribution in [0.15, 0.2) is 23.1 Å². The fourth-order valence-corrected chi connectivity index (χ4v) is 3.48. The molecule has 2 N–H and O–H groups in total. The molecule has 0 unspecified atom stereocenters. The maximum absolute atomic E-state index is 13.2. The smallest absolute Gasteiger partial charge is 0.240 e. The molecule has 0 spiro atoms. The molecule has 0 aliphatic carbocycles. The molecule has 5 nitrogen and oxygen atoms in total. The van der Waals surface area contributed by atoms with Gasteiger partial charge in [0.25, 0.3) is 0 Å². The summed E-state index contributed by atoms with van der Waals surface area (Å²) in [4.78, 5) is -0.0813. The molecule has 0 radical (unpaired) electrons. The van der Waals surface area contributed by atoms with Crippen molar-refractivity contribution in [2.24, 2.45) is 5.92 Å². The highest BCUT2D eigenvalue weighted by Gasteiger charge is 2.18. The minimum atomic E-state index is -3.70. The molecule has 1 fully saturated rings. The van der Waals surface area contributed by atoms with Gasteiger partial charge >= 0.3 is 0 Å². The van der Waals surface area contributed by atoms with Gasteiger partial charge in [0.15, 0.2) is 0 Å². The van der Waals surface area contributed by atoms with E-state index in [9.17, 15) is 12.8 Å². The number of hydrogen-bond acceptors (Lipinski definition) is 4. The molecule has 0 aromatic heterocycles. The number of sulfonamides is 1. The Balaban J connectivity index is 1.96. The lowest BCUT2D eigenvalue weighted by molar-refractivity contribution is 0.358. The Kier molecular flexibility index (Phi) is 5.28. The Morgan fingerprint density at radius 1 is 1.48 bits per heavy atom. The third kappa shape index (κ3) is 4.24. The van der Waals surface area contributed by atoms with E-state index in [-0.39, 0.29) is 10.5 Å². The van der Waals surface area contributed by atoms with Crippen LogP contribution in [-0.2, 0) is 10.0 Å². The second-order valence-corrected chi connectivity index (χ2v) is 6.92. The lowest BCUT2D eigenvalue weighted by Crippen LogP contribution is -2.33. The summed E-state index contributed by atoms with van der Waals surface area (Å²) in [7, 11) is -3.70. The molecule has 114 valence electrons. The van der Waals surface area contributed by atoms with Crippen molar-refractivity contribution in [1.29, 1.82) is 5.26 Å². The van der Waals surface area contributed by atoms with Gasteiger partial charge in [0.2, 0.25) is 10.0 Å². The Labute approximate surface area is 124 Å². The van der Waals surface area contributed by atoms with Crippen LogP contribution < -0.4 is 10.0 Å². The van der Waals surface area contributed by atoms with Crippen LogP contribution in [-0.4, -0.2) is 28.1 Å². The quantitative estimate of drug-likeness (QED) is 0.860. The number of hydrogen-bond donors (Lipinski definition) is 2. The van der Waals surface area contributed by atoms with Crippen LogP contribution in [0.4, 0.5) is 4.39 Å². The predicted molar refractivity (Wildman–Crippen MR) is 76.5 cm³/mol. The highest BCUT2D eigenvalue weighted by molar-refractivity contribution is 7.89. The molecule has 1 atom stereocenters.